The molecule has 110 valence electrons. The third kappa shape index (κ3) is 1.78. The summed E-state index contributed by atoms with van der Waals surface area (Å²) >= 11 is 0. The fourth-order valence-corrected chi connectivity index (χ4v) is 2.36. The normalized spacial score (nSPS) is 32.4. The lowest BCUT2D eigenvalue weighted by Crippen LogP contribution is -2.44. The highest BCUT2D eigenvalue weighted by molar-refractivity contribution is 5.81. The molecule has 0 saturated carbocycles. The fourth-order valence-electron chi connectivity index (χ4n) is 2.36. The molecular formula is C12H13N5O4. The van der Waals surface area contributed by atoms with Gasteiger partial charge in [0.15, 0.2) is 23.3 Å². The van der Waals surface area contributed by atoms with Crippen molar-refractivity contribution in [1.29, 1.82) is 0 Å². The molecule has 3 rings (SSSR count). The van der Waals surface area contributed by atoms with Gasteiger partial charge in [-0.1, -0.05) is 5.92 Å². The number of hydrogen-bond acceptors (Lipinski definition) is 8. The molecule has 1 aliphatic rings. The van der Waals surface area contributed by atoms with Crippen molar-refractivity contribution < 1.29 is 20.1 Å². The van der Waals surface area contributed by atoms with Gasteiger partial charge in [-0.2, -0.15) is 0 Å². The van der Waals surface area contributed by atoms with Gasteiger partial charge in [0, 0.05) is 0 Å². The molecule has 3 heterocycles. The van der Waals surface area contributed by atoms with Crippen LogP contribution in [-0.2, 0) is 4.74 Å². The van der Waals surface area contributed by atoms with Gasteiger partial charge >= 0.3 is 0 Å². The number of aliphatic hydroxyl groups excluding tert-OH is 3. The summed E-state index contributed by atoms with van der Waals surface area (Å²) in [6, 6.07) is 0. The Kier molecular flexibility index (Phi) is 3.03. The lowest BCUT2D eigenvalue weighted by molar-refractivity contribution is -0.0911. The topological polar surface area (TPSA) is 140 Å². The third-order valence-electron chi connectivity index (χ3n) is 3.56. The average molecular weight is 291 g/mol. The van der Waals surface area contributed by atoms with E-state index in [0.29, 0.717) is 11.2 Å². The molecule has 0 unspecified atom stereocenters. The predicted octanol–water partition coefficient (Wildman–Crippen LogP) is -1.98. The van der Waals surface area contributed by atoms with E-state index in [1.807, 2.05) is 0 Å². The zero-order valence-electron chi connectivity index (χ0n) is 10.8. The number of terminal acetylenes is 1. The summed E-state index contributed by atoms with van der Waals surface area (Å²) in [5.41, 5.74) is 4.66. The van der Waals surface area contributed by atoms with Crippen LogP contribution in [0, 0.1) is 12.3 Å². The minimum absolute atomic E-state index is 0.178. The van der Waals surface area contributed by atoms with Crippen molar-refractivity contribution in [2.45, 2.75) is 24.0 Å². The molecule has 1 fully saturated rings. The molecule has 4 atom stereocenters. The Balaban J connectivity index is 2.08. The van der Waals surface area contributed by atoms with Crippen molar-refractivity contribution in [3.8, 4) is 12.3 Å². The zero-order chi connectivity index (χ0) is 15.2. The van der Waals surface area contributed by atoms with Crippen molar-refractivity contribution in [2.24, 2.45) is 0 Å². The Morgan fingerprint density at radius 1 is 1.43 bits per heavy atom. The predicted molar refractivity (Wildman–Crippen MR) is 70.5 cm³/mol. The Labute approximate surface area is 119 Å². The molecule has 0 amide bonds. The Morgan fingerprint density at radius 3 is 2.81 bits per heavy atom. The lowest BCUT2D eigenvalue weighted by atomic mass is 9.97. The quantitative estimate of drug-likeness (QED) is 0.467. The minimum atomic E-state index is -1.68. The van der Waals surface area contributed by atoms with Gasteiger partial charge in [0.25, 0.3) is 0 Å². The van der Waals surface area contributed by atoms with E-state index >= 15 is 0 Å². The first kappa shape index (κ1) is 13.7. The molecule has 0 spiro atoms. The highest BCUT2D eigenvalue weighted by Gasteiger charge is 2.54. The van der Waals surface area contributed by atoms with Crippen LogP contribution in [0.3, 0.4) is 0 Å². The summed E-state index contributed by atoms with van der Waals surface area (Å²) in [6.45, 7) is -0.637. The Bertz CT molecular complexity index is 726. The van der Waals surface area contributed by atoms with E-state index in [1.165, 1.54) is 17.2 Å². The monoisotopic (exact) mass is 291 g/mol. The van der Waals surface area contributed by atoms with Crippen molar-refractivity contribution in [1.82, 2.24) is 19.5 Å². The van der Waals surface area contributed by atoms with Crippen molar-refractivity contribution in [3.63, 3.8) is 0 Å². The molecule has 2 aromatic heterocycles. The van der Waals surface area contributed by atoms with Crippen LogP contribution < -0.4 is 5.73 Å². The summed E-state index contributed by atoms with van der Waals surface area (Å²) in [4.78, 5) is 11.9. The Morgan fingerprint density at radius 2 is 2.19 bits per heavy atom. The number of nitrogen functional groups attached to an aromatic ring is 1. The van der Waals surface area contributed by atoms with Gasteiger partial charge in [-0.05, 0) is 0 Å². The first-order valence-corrected chi connectivity index (χ1v) is 6.09. The van der Waals surface area contributed by atoms with Crippen LogP contribution in [0.2, 0.25) is 0 Å². The van der Waals surface area contributed by atoms with Crippen molar-refractivity contribution >= 4 is 17.0 Å². The maximum Gasteiger partial charge on any atom is 0.182 e. The molecule has 0 aliphatic carbocycles. The van der Waals surface area contributed by atoms with Gasteiger partial charge in [0.1, 0.15) is 24.1 Å². The first-order valence-electron chi connectivity index (χ1n) is 6.09. The summed E-state index contributed by atoms with van der Waals surface area (Å²) < 4.78 is 6.88. The van der Waals surface area contributed by atoms with E-state index in [0.717, 1.165) is 0 Å². The molecule has 21 heavy (non-hydrogen) atoms. The van der Waals surface area contributed by atoms with Gasteiger partial charge in [-0.15, -0.1) is 6.42 Å². The zero-order valence-corrected chi connectivity index (χ0v) is 10.8. The number of aromatic nitrogens is 4. The smallest absolute Gasteiger partial charge is 0.182 e. The van der Waals surface area contributed by atoms with E-state index in [1.54, 1.807) is 0 Å². The molecule has 2 aromatic rings. The SMILES string of the molecule is C#C[C@]1(CO)O[C@H](n2cnc3c(N)ncnc32)[C@@H](O)[C@@H]1O. The number of fused-ring (bicyclic) bond motifs is 1. The van der Waals surface area contributed by atoms with Gasteiger partial charge in [0.05, 0.1) is 12.9 Å². The molecule has 0 aromatic carbocycles. The summed E-state index contributed by atoms with van der Waals surface area (Å²) in [7, 11) is 0. The van der Waals surface area contributed by atoms with Gasteiger partial charge in [-0.3, -0.25) is 4.57 Å². The van der Waals surface area contributed by atoms with Crippen LogP contribution in [0.5, 0.6) is 0 Å². The standard InChI is InChI=1S/C12H13N5O4/c1-2-12(3-18)8(20)7(19)11(21-12)17-5-16-6-9(13)14-4-15-10(6)17/h1,4-5,7-8,11,18-20H,3H2,(H2,13,14,15)/t7-,8-,11-,12+/m0/s1. The first-order chi connectivity index (χ1) is 10.0. The van der Waals surface area contributed by atoms with E-state index < -0.39 is 30.6 Å². The van der Waals surface area contributed by atoms with Gasteiger partial charge < -0.3 is 25.8 Å². The molecule has 5 N–H and O–H groups in total. The number of rotatable bonds is 2. The lowest BCUT2D eigenvalue weighted by Gasteiger charge is -2.23. The number of anilines is 1. The number of aliphatic hydroxyl groups is 3. The number of imidazole rings is 1. The second kappa shape index (κ2) is 4.64. The van der Waals surface area contributed by atoms with E-state index in [2.05, 4.69) is 20.9 Å². The molecule has 0 bridgehead atoms. The number of nitrogens with two attached hydrogens (primary N) is 1. The fraction of sp³-hybridized carbons (Fsp3) is 0.417. The van der Waals surface area contributed by atoms with Crippen LogP contribution >= 0.6 is 0 Å². The van der Waals surface area contributed by atoms with Crippen LogP contribution in [-0.4, -0.2) is 59.3 Å². The number of hydrogen-bond donors (Lipinski definition) is 4. The number of ether oxygens (including phenoxy) is 1. The summed E-state index contributed by atoms with van der Waals surface area (Å²) in [5, 5.41) is 29.6. The van der Waals surface area contributed by atoms with Crippen LogP contribution in [0.1, 0.15) is 6.23 Å². The maximum atomic E-state index is 10.2. The molecule has 1 saturated heterocycles. The largest absolute Gasteiger partial charge is 0.392 e. The highest BCUT2D eigenvalue weighted by Crippen LogP contribution is 2.37. The maximum absolute atomic E-state index is 10.2. The van der Waals surface area contributed by atoms with Crippen LogP contribution in [0.15, 0.2) is 12.7 Å². The van der Waals surface area contributed by atoms with E-state index in [4.69, 9.17) is 16.9 Å². The molecule has 9 heteroatoms. The number of nitrogens with zero attached hydrogens (tertiary/aromatic N) is 4. The third-order valence-corrected chi connectivity index (χ3v) is 3.56. The summed E-state index contributed by atoms with van der Waals surface area (Å²) in [5.74, 6) is 2.36. The highest BCUT2D eigenvalue weighted by atomic mass is 16.6. The summed E-state index contributed by atoms with van der Waals surface area (Å²) in [6.07, 6.45) is 4.04. The van der Waals surface area contributed by atoms with Crippen molar-refractivity contribution in [2.75, 3.05) is 12.3 Å². The van der Waals surface area contributed by atoms with Crippen LogP contribution in [0.25, 0.3) is 11.2 Å². The van der Waals surface area contributed by atoms with E-state index in [9.17, 15) is 15.3 Å². The average Bonchev–Trinajstić information content (AvgIpc) is 3.02. The van der Waals surface area contributed by atoms with Gasteiger partial charge in [-0.25, -0.2) is 15.0 Å². The molecule has 1 aliphatic heterocycles. The van der Waals surface area contributed by atoms with Gasteiger partial charge in [0.2, 0.25) is 0 Å². The van der Waals surface area contributed by atoms with Crippen molar-refractivity contribution in [3.05, 3.63) is 12.7 Å². The molecular weight excluding hydrogens is 278 g/mol. The Hall–Kier alpha value is -2.25. The molecule has 9 nitrogen and oxygen atoms in total. The second-order valence-electron chi connectivity index (χ2n) is 4.72. The second-order valence-corrected chi connectivity index (χ2v) is 4.72. The van der Waals surface area contributed by atoms with E-state index in [-0.39, 0.29) is 5.82 Å². The molecule has 0 radical (unpaired) electrons. The van der Waals surface area contributed by atoms with Crippen LogP contribution in [0.4, 0.5) is 5.82 Å². The minimum Gasteiger partial charge on any atom is -0.392 e.